The minimum atomic E-state index is -0.0946. The van der Waals surface area contributed by atoms with Crippen LogP contribution in [0.25, 0.3) is 5.57 Å². The number of esters is 1. The predicted molar refractivity (Wildman–Crippen MR) is 136 cm³/mol. The van der Waals surface area contributed by atoms with Gasteiger partial charge in [-0.15, -0.1) is 0 Å². The average Bonchev–Trinajstić information content (AvgIpc) is 2.89. The maximum atomic E-state index is 12.3. The Morgan fingerprint density at radius 3 is 2.49 bits per heavy atom. The van der Waals surface area contributed by atoms with Crippen LogP contribution in [0.2, 0.25) is 0 Å². The van der Waals surface area contributed by atoms with Gasteiger partial charge in [0.1, 0.15) is 18.4 Å². The summed E-state index contributed by atoms with van der Waals surface area (Å²) in [5.41, 5.74) is 9.61. The zero-order chi connectivity index (χ0) is 24.6. The topological polar surface area (TPSA) is 109 Å². The van der Waals surface area contributed by atoms with E-state index >= 15 is 0 Å². The molecule has 186 valence electrons. The van der Waals surface area contributed by atoms with Crippen LogP contribution in [0.15, 0.2) is 47.6 Å². The molecule has 4 rings (SSSR count). The maximum absolute atomic E-state index is 12.3. The van der Waals surface area contributed by atoms with Gasteiger partial charge in [-0.3, -0.25) is 15.1 Å². The van der Waals surface area contributed by atoms with Gasteiger partial charge in [0.25, 0.3) is 0 Å². The fraction of sp³-hybridized carbons (Fsp3) is 0.481. The first kappa shape index (κ1) is 24.9. The number of amidine groups is 1. The summed E-state index contributed by atoms with van der Waals surface area (Å²) < 4.78 is 10.8. The molecule has 0 atom stereocenters. The van der Waals surface area contributed by atoms with Crippen LogP contribution < -0.4 is 10.6 Å². The Labute approximate surface area is 206 Å². The Morgan fingerprint density at radius 1 is 1.11 bits per heavy atom. The quantitative estimate of drug-likeness (QED) is 0.256. The van der Waals surface area contributed by atoms with Crippen LogP contribution in [0.4, 0.5) is 5.69 Å². The molecule has 0 saturated carbocycles. The number of carbonyl (C=O) groups is 1. The van der Waals surface area contributed by atoms with Crippen molar-refractivity contribution in [3.63, 3.8) is 0 Å². The molecule has 2 heterocycles. The van der Waals surface area contributed by atoms with E-state index in [4.69, 9.17) is 20.6 Å². The standard InChI is InChI=1S/C27H34N4O4/c28-27(29)22-3-6-25(23(18-22)19-32)21-1-4-24(5-2-21)31-9-7-20(8-10-31)17-26(33)35-16-13-30-11-14-34-15-12-30/h1-6,20H,7-18H2,(H3,28,29). The number of morpholine rings is 1. The maximum Gasteiger partial charge on any atom is 0.306 e. The molecule has 0 radical (unpaired) electrons. The lowest BCUT2D eigenvalue weighted by atomic mass is 9.88. The number of hydrogen-bond acceptors (Lipinski definition) is 7. The Balaban J connectivity index is 1.24. The largest absolute Gasteiger partial charge is 0.464 e. The highest BCUT2D eigenvalue weighted by molar-refractivity contribution is 6.00. The van der Waals surface area contributed by atoms with E-state index in [2.05, 4.69) is 21.9 Å². The number of hydrogen-bond donors (Lipinski definition) is 2. The smallest absolute Gasteiger partial charge is 0.306 e. The van der Waals surface area contributed by atoms with Crippen molar-refractivity contribution in [1.82, 2.24) is 4.90 Å². The van der Waals surface area contributed by atoms with Crippen molar-refractivity contribution in [2.75, 3.05) is 57.4 Å². The summed E-state index contributed by atoms with van der Waals surface area (Å²) in [5.74, 6) is 2.26. The molecule has 0 aromatic heterocycles. The molecule has 8 nitrogen and oxygen atoms in total. The molecule has 2 saturated heterocycles. The average molecular weight is 479 g/mol. The highest BCUT2D eigenvalue weighted by atomic mass is 16.5. The van der Waals surface area contributed by atoms with Gasteiger partial charge in [0.2, 0.25) is 0 Å². The molecular weight excluding hydrogens is 444 g/mol. The van der Waals surface area contributed by atoms with Crippen LogP contribution in [0.5, 0.6) is 0 Å². The molecule has 1 aromatic carbocycles. The first-order chi connectivity index (χ1) is 17.0. The zero-order valence-electron chi connectivity index (χ0n) is 20.1. The summed E-state index contributed by atoms with van der Waals surface area (Å²) in [5, 5.41) is 7.59. The van der Waals surface area contributed by atoms with E-state index in [9.17, 15) is 9.59 Å². The van der Waals surface area contributed by atoms with Crippen molar-refractivity contribution in [3.8, 4) is 0 Å². The first-order valence-electron chi connectivity index (χ1n) is 12.3. The summed E-state index contributed by atoms with van der Waals surface area (Å²) in [6.07, 6.45) is 6.37. The number of nitrogens with two attached hydrogens (primary N) is 1. The third kappa shape index (κ3) is 6.69. The minimum Gasteiger partial charge on any atom is -0.464 e. The van der Waals surface area contributed by atoms with Gasteiger partial charge in [0, 0.05) is 56.8 Å². The first-order valence-corrected chi connectivity index (χ1v) is 12.3. The van der Waals surface area contributed by atoms with Crippen LogP contribution in [0.3, 0.4) is 0 Å². The number of piperidine rings is 1. The van der Waals surface area contributed by atoms with Crippen molar-refractivity contribution in [2.24, 2.45) is 11.7 Å². The molecule has 1 aliphatic carbocycles. The number of ether oxygens (including phenoxy) is 2. The van der Waals surface area contributed by atoms with Gasteiger partial charge >= 0.3 is 5.97 Å². The number of carbonyl (C=O) groups excluding carboxylic acids is 2. The molecular formula is C27H34N4O4. The van der Waals surface area contributed by atoms with E-state index in [0.717, 1.165) is 75.6 Å². The predicted octanol–water partition coefficient (Wildman–Crippen LogP) is 2.58. The van der Waals surface area contributed by atoms with Gasteiger partial charge in [-0.2, -0.15) is 0 Å². The van der Waals surface area contributed by atoms with Crippen molar-refractivity contribution < 1.29 is 19.1 Å². The number of allylic oxidation sites excluding steroid dienone is 4. The van der Waals surface area contributed by atoms with Crippen molar-refractivity contribution >= 4 is 29.0 Å². The Hall–Kier alpha value is -3.19. The summed E-state index contributed by atoms with van der Waals surface area (Å²) in [4.78, 5) is 28.3. The van der Waals surface area contributed by atoms with Crippen LogP contribution in [0.1, 0.15) is 31.2 Å². The lowest BCUT2D eigenvalue weighted by molar-refractivity contribution is -0.145. The molecule has 8 heteroatoms. The van der Waals surface area contributed by atoms with Crippen LogP contribution in [-0.4, -0.2) is 75.2 Å². The fourth-order valence-corrected chi connectivity index (χ4v) is 4.83. The molecule has 0 bridgehead atoms. The number of rotatable bonds is 8. The summed E-state index contributed by atoms with van der Waals surface area (Å²) in [7, 11) is 0. The number of nitrogens with zero attached hydrogens (tertiary/aromatic N) is 2. The van der Waals surface area contributed by atoms with E-state index in [0.29, 0.717) is 36.5 Å². The van der Waals surface area contributed by atoms with Crippen LogP contribution in [-0.2, 0) is 19.1 Å². The van der Waals surface area contributed by atoms with Gasteiger partial charge in [0.15, 0.2) is 0 Å². The zero-order valence-corrected chi connectivity index (χ0v) is 20.1. The summed E-state index contributed by atoms with van der Waals surface area (Å²) in [6, 6.07) is 8.18. The molecule has 2 fully saturated rings. The van der Waals surface area contributed by atoms with Crippen LogP contribution >= 0.6 is 0 Å². The second-order valence-electron chi connectivity index (χ2n) is 9.30. The minimum absolute atomic E-state index is 0.0203. The fourth-order valence-electron chi connectivity index (χ4n) is 4.83. The van der Waals surface area contributed by atoms with E-state index in [1.54, 1.807) is 6.08 Å². The van der Waals surface area contributed by atoms with Gasteiger partial charge in [0.05, 0.1) is 13.2 Å². The molecule has 1 aromatic rings. The van der Waals surface area contributed by atoms with E-state index in [1.807, 2.05) is 24.2 Å². The highest BCUT2D eigenvalue weighted by Crippen LogP contribution is 2.32. The number of benzene rings is 1. The van der Waals surface area contributed by atoms with Gasteiger partial charge < -0.3 is 20.1 Å². The highest BCUT2D eigenvalue weighted by Gasteiger charge is 2.23. The lowest BCUT2D eigenvalue weighted by Gasteiger charge is -2.33. The SMILES string of the molecule is N=C(N)C1=CC=C(c2ccc(N3CCC(CC(=O)OCCN4CCOCC4)CC3)cc2)C(=C=O)C1. The summed E-state index contributed by atoms with van der Waals surface area (Å²) >= 11 is 0. The Kier molecular flexibility index (Phi) is 8.53. The third-order valence-electron chi connectivity index (χ3n) is 7.00. The van der Waals surface area contributed by atoms with Gasteiger partial charge in [-0.05, 0) is 47.6 Å². The van der Waals surface area contributed by atoms with Crippen molar-refractivity contribution in [2.45, 2.75) is 25.7 Å². The van der Waals surface area contributed by atoms with E-state index in [-0.39, 0.29) is 11.8 Å². The normalized spacial score (nSPS) is 19.5. The molecule has 2 aliphatic heterocycles. The second-order valence-corrected chi connectivity index (χ2v) is 9.30. The van der Waals surface area contributed by atoms with Crippen molar-refractivity contribution in [3.05, 3.63) is 53.1 Å². The monoisotopic (exact) mass is 478 g/mol. The van der Waals surface area contributed by atoms with Gasteiger partial charge in [-0.1, -0.05) is 24.3 Å². The van der Waals surface area contributed by atoms with Crippen LogP contribution in [0, 0.1) is 11.3 Å². The lowest BCUT2D eigenvalue weighted by Crippen LogP contribution is -2.38. The second kappa shape index (κ2) is 12.0. The number of nitrogens with one attached hydrogen (secondary N) is 1. The molecule has 35 heavy (non-hydrogen) atoms. The third-order valence-corrected chi connectivity index (χ3v) is 7.00. The molecule has 0 amide bonds. The van der Waals surface area contributed by atoms with E-state index in [1.165, 1.54) is 0 Å². The molecule has 3 aliphatic rings. The molecule has 0 spiro atoms. The van der Waals surface area contributed by atoms with E-state index < -0.39 is 0 Å². The molecule has 0 unspecified atom stereocenters. The Bertz CT molecular complexity index is 1030. The van der Waals surface area contributed by atoms with Crippen molar-refractivity contribution in [1.29, 1.82) is 5.41 Å². The Morgan fingerprint density at radius 2 is 1.83 bits per heavy atom. The molecule has 3 N–H and O–H groups in total. The van der Waals surface area contributed by atoms with Gasteiger partial charge in [-0.25, -0.2) is 4.79 Å². The number of anilines is 1. The summed E-state index contributed by atoms with van der Waals surface area (Å²) in [6.45, 7) is 6.34.